The second-order valence-electron chi connectivity index (χ2n) is 21.4. The van der Waals surface area contributed by atoms with E-state index in [1.165, 1.54) is 22.3 Å². The fraction of sp³-hybridized carbons (Fsp3) is 0.379. The molecule has 326 valence electrons. The van der Waals surface area contributed by atoms with Gasteiger partial charge >= 0.3 is 0 Å². The van der Waals surface area contributed by atoms with Gasteiger partial charge in [0, 0.05) is 33.4 Å². The van der Waals surface area contributed by atoms with Crippen LogP contribution < -0.4 is 9.47 Å². The van der Waals surface area contributed by atoms with Crippen molar-refractivity contribution >= 4 is 0 Å². The summed E-state index contributed by atoms with van der Waals surface area (Å²) < 4.78 is 12.9. The van der Waals surface area contributed by atoms with Crippen molar-refractivity contribution in [2.75, 3.05) is 13.2 Å². The fourth-order valence-corrected chi connectivity index (χ4v) is 7.90. The first-order valence-electron chi connectivity index (χ1n) is 22.4. The molecule has 0 fully saturated rings. The van der Waals surface area contributed by atoms with Gasteiger partial charge in [-0.2, -0.15) is 0 Å². The Bertz CT molecular complexity index is 2300. The van der Waals surface area contributed by atoms with Gasteiger partial charge in [-0.3, -0.25) is 0 Å². The number of unbranched alkanes of at least 4 members (excludes halogenated alkanes) is 1. The molecule has 0 aliphatic carbocycles. The summed E-state index contributed by atoms with van der Waals surface area (Å²) in [5.74, 6) is 1.98. The number of phenols is 2. The highest BCUT2D eigenvalue weighted by molar-refractivity contribution is 5.87. The Labute approximate surface area is 373 Å². The molecule has 0 aliphatic rings. The molecule has 0 radical (unpaired) electrons. The van der Waals surface area contributed by atoms with Crippen molar-refractivity contribution in [3.8, 4) is 67.5 Å². The highest BCUT2D eigenvalue weighted by atomic mass is 16.5. The van der Waals surface area contributed by atoms with Crippen molar-refractivity contribution in [2.24, 2.45) is 0 Å². The van der Waals surface area contributed by atoms with Crippen LogP contribution in [0.2, 0.25) is 0 Å². The molecule has 0 heterocycles. The van der Waals surface area contributed by atoms with E-state index in [1.54, 1.807) is 0 Å². The summed E-state index contributed by atoms with van der Waals surface area (Å²) in [7, 11) is 0. The third kappa shape index (κ3) is 10.6. The van der Waals surface area contributed by atoms with E-state index in [-0.39, 0.29) is 33.2 Å². The van der Waals surface area contributed by atoms with Crippen LogP contribution in [0.4, 0.5) is 0 Å². The van der Waals surface area contributed by atoms with E-state index in [9.17, 15) is 10.2 Å². The lowest BCUT2D eigenvalue weighted by Gasteiger charge is -2.27. The van der Waals surface area contributed by atoms with Crippen molar-refractivity contribution < 1.29 is 19.7 Å². The first-order chi connectivity index (χ1) is 28.9. The predicted octanol–water partition coefficient (Wildman–Crippen LogP) is 15.8. The molecule has 0 unspecified atom stereocenters. The molecule has 6 rings (SSSR count). The Morgan fingerprint density at radius 2 is 0.661 bits per heavy atom. The highest BCUT2D eigenvalue weighted by Crippen LogP contribution is 2.46. The van der Waals surface area contributed by atoms with Crippen molar-refractivity contribution in [3.05, 3.63) is 143 Å². The van der Waals surface area contributed by atoms with Gasteiger partial charge in [-0.15, -0.1) is 0 Å². The fourth-order valence-electron chi connectivity index (χ4n) is 7.90. The summed E-state index contributed by atoms with van der Waals surface area (Å²) in [6, 6.07) is 37.8. The van der Waals surface area contributed by atoms with Crippen LogP contribution in [-0.2, 0) is 21.7 Å². The number of phenolic OH excluding ortho intramolecular Hbond substituents is 2. The molecule has 4 heteroatoms. The van der Waals surface area contributed by atoms with E-state index >= 15 is 0 Å². The Kier molecular flexibility index (Phi) is 13.2. The molecule has 0 saturated carbocycles. The number of rotatable bonds is 11. The van der Waals surface area contributed by atoms with Gasteiger partial charge in [0.2, 0.25) is 0 Å². The molecule has 0 spiro atoms. The van der Waals surface area contributed by atoms with Gasteiger partial charge in [0.25, 0.3) is 0 Å². The quantitative estimate of drug-likeness (QED) is 0.128. The number of ether oxygens (including phenoxy) is 2. The van der Waals surface area contributed by atoms with E-state index in [0.29, 0.717) is 13.2 Å². The summed E-state index contributed by atoms with van der Waals surface area (Å²) >= 11 is 0. The molecular weight excluding hydrogens is 761 g/mol. The zero-order valence-electron chi connectivity index (χ0n) is 39.9. The van der Waals surface area contributed by atoms with Crippen LogP contribution in [0.15, 0.2) is 109 Å². The molecule has 6 aromatic rings. The number of aryl methyl sites for hydroxylation is 2. The van der Waals surface area contributed by atoms with Crippen molar-refractivity contribution in [3.63, 3.8) is 0 Å². The zero-order chi connectivity index (χ0) is 45.4. The molecule has 0 bridgehead atoms. The Balaban J connectivity index is 1.18. The Hall–Kier alpha value is -5.48. The number of hydrogen-bond acceptors (Lipinski definition) is 4. The molecular formula is C58H70O4. The second kappa shape index (κ2) is 17.7. The summed E-state index contributed by atoms with van der Waals surface area (Å²) in [5.41, 5.74) is 13.9. The third-order valence-corrected chi connectivity index (χ3v) is 11.9. The largest absolute Gasteiger partial charge is 0.507 e. The first-order valence-corrected chi connectivity index (χ1v) is 22.4. The van der Waals surface area contributed by atoms with Gasteiger partial charge in [-0.1, -0.05) is 156 Å². The van der Waals surface area contributed by atoms with Crippen LogP contribution in [0.3, 0.4) is 0 Å². The van der Waals surface area contributed by atoms with Gasteiger partial charge < -0.3 is 19.7 Å². The summed E-state index contributed by atoms with van der Waals surface area (Å²) in [6.45, 7) is 32.0. The normalized spacial score (nSPS) is 12.4. The Morgan fingerprint density at radius 3 is 0.968 bits per heavy atom. The van der Waals surface area contributed by atoms with Crippen LogP contribution >= 0.6 is 0 Å². The number of hydrogen-bond donors (Lipinski definition) is 2. The molecule has 4 nitrogen and oxygen atoms in total. The van der Waals surface area contributed by atoms with Gasteiger partial charge in [0.15, 0.2) is 0 Å². The van der Waals surface area contributed by atoms with Crippen molar-refractivity contribution in [1.29, 1.82) is 0 Å². The second-order valence-corrected chi connectivity index (χ2v) is 21.4. The third-order valence-electron chi connectivity index (χ3n) is 11.9. The molecule has 0 saturated heterocycles. The molecule has 6 aromatic carbocycles. The van der Waals surface area contributed by atoms with Crippen LogP contribution in [-0.4, -0.2) is 23.4 Å². The maximum Gasteiger partial charge on any atom is 0.131 e. The highest BCUT2D eigenvalue weighted by Gasteiger charge is 2.25. The van der Waals surface area contributed by atoms with Crippen LogP contribution in [0, 0.1) is 13.8 Å². The van der Waals surface area contributed by atoms with E-state index in [1.807, 2.05) is 60.7 Å². The molecule has 0 aliphatic heterocycles. The Morgan fingerprint density at radius 1 is 0.371 bits per heavy atom. The average molecular weight is 831 g/mol. The molecule has 0 amide bonds. The number of para-hydroxylation sites is 2. The molecule has 0 aromatic heterocycles. The zero-order valence-corrected chi connectivity index (χ0v) is 39.9. The summed E-state index contributed by atoms with van der Waals surface area (Å²) in [4.78, 5) is 0. The molecule has 2 N–H and O–H groups in total. The monoisotopic (exact) mass is 831 g/mol. The molecule has 0 atom stereocenters. The van der Waals surface area contributed by atoms with Crippen LogP contribution in [0.1, 0.15) is 129 Å². The van der Waals surface area contributed by atoms with E-state index in [0.717, 1.165) is 80.0 Å². The van der Waals surface area contributed by atoms with Gasteiger partial charge in [0.1, 0.15) is 23.0 Å². The lowest BCUT2D eigenvalue weighted by molar-refractivity contribution is 0.267. The minimum atomic E-state index is -0.0439. The SMILES string of the molecule is Cc1cc(-c2cc(C(C)(C)C)cc(C(C)(C)C)c2)c(O)c(-c2ccccc2OCCCCOc2ccccc2-c2cc(C)cc(-c3cc(C(C)(C)C)cc(C(C)(C)C)c3)c2O)c1. The summed E-state index contributed by atoms with van der Waals surface area (Å²) in [6.07, 6.45) is 1.55. The minimum Gasteiger partial charge on any atom is -0.507 e. The van der Waals surface area contributed by atoms with Crippen LogP contribution in [0.25, 0.3) is 44.5 Å². The van der Waals surface area contributed by atoms with E-state index in [4.69, 9.17) is 9.47 Å². The summed E-state index contributed by atoms with van der Waals surface area (Å²) in [5, 5.41) is 24.0. The first kappa shape index (κ1) is 46.0. The maximum absolute atomic E-state index is 12.0. The van der Waals surface area contributed by atoms with Crippen LogP contribution in [0.5, 0.6) is 23.0 Å². The van der Waals surface area contributed by atoms with E-state index in [2.05, 4.69) is 145 Å². The van der Waals surface area contributed by atoms with Gasteiger partial charge in [-0.25, -0.2) is 0 Å². The van der Waals surface area contributed by atoms with E-state index < -0.39 is 0 Å². The topological polar surface area (TPSA) is 58.9 Å². The molecule has 62 heavy (non-hydrogen) atoms. The minimum absolute atomic E-state index is 0.0439. The lowest BCUT2D eigenvalue weighted by atomic mass is 9.78. The number of benzene rings is 6. The predicted molar refractivity (Wildman–Crippen MR) is 262 cm³/mol. The van der Waals surface area contributed by atoms with Gasteiger partial charge in [0.05, 0.1) is 13.2 Å². The maximum atomic E-state index is 12.0. The number of aromatic hydroxyl groups is 2. The average Bonchev–Trinajstić information content (AvgIpc) is 3.19. The smallest absolute Gasteiger partial charge is 0.131 e. The van der Waals surface area contributed by atoms with Crippen molar-refractivity contribution in [2.45, 2.75) is 131 Å². The van der Waals surface area contributed by atoms with Gasteiger partial charge in [-0.05, 0) is 129 Å². The van der Waals surface area contributed by atoms with Crippen molar-refractivity contribution in [1.82, 2.24) is 0 Å². The lowest BCUT2D eigenvalue weighted by Crippen LogP contribution is -2.16. The standard InChI is InChI=1S/C58H70O4/c1-37-27-47(39-31-41(55(3,4)5)35-42(32-39)56(6,7)8)53(59)49(29-37)45-21-15-17-23-51(45)61-25-19-20-26-62-52-24-18-16-22-46(52)50-30-38(2)28-48(54(50)60)40-33-43(57(9,10)11)36-44(34-40)58(12,13)14/h15-18,21-24,27-36,59-60H,19-20,25-26H2,1-14H3.